The van der Waals surface area contributed by atoms with Crippen molar-refractivity contribution in [2.75, 3.05) is 0 Å². The molecule has 6 nitrogen and oxygen atoms in total. The van der Waals surface area contributed by atoms with Crippen LogP contribution in [0, 0.1) is 6.92 Å². The van der Waals surface area contributed by atoms with Crippen molar-refractivity contribution < 1.29 is 4.79 Å². The Labute approximate surface area is 182 Å². The maximum absolute atomic E-state index is 13.2. The predicted molar refractivity (Wildman–Crippen MR) is 124 cm³/mol. The second-order valence-electron chi connectivity index (χ2n) is 7.17. The van der Waals surface area contributed by atoms with E-state index in [0.29, 0.717) is 23.1 Å². The smallest absolute Gasteiger partial charge is 0.282 e. The van der Waals surface area contributed by atoms with Gasteiger partial charge in [0.05, 0.1) is 22.6 Å². The van der Waals surface area contributed by atoms with Crippen molar-refractivity contribution in [1.29, 1.82) is 0 Å². The van der Waals surface area contributed by atoms with Crippen molar-refractivity contribution in [1.82, 2.24) is 14.2 Å². The molecule has 4 rings (SSSR count). The molecule has 0 fully saturated rings. The Bertz CT molecular complexity index is 1380. The molecule has 0 unspecified atom stereocenters. The number of rotatable bonds is 4. The molecule has 0 N–H and O–H groups in total. The molecule has 0 saturated carbocycles. The minimum absolute atomic E-state index is 0.0654. The molecule has 0 bridgehead atoms. The molecule has 0 aliphatic heterocycles. The summed E-state index contributed by atoms with van der Waals surface area (Å²) in [7, 11) is 0. The van der Waals surface area contributed by atoms with E-state index in [9.17, 15) is 9.59 Å². The molecular weight excluding hydrogens is 444 g/mol. The molecule has 0 aliphatic carbocycles. The third kappa shape index (κ3) is 3.39. The van der Waals surface area contributed by atoms with Crippen molar-refractivity contribution in [3.63, 3.8) is 0 Å². The highest BCUT2D eigenvalue weighted by Gasteiger charge is 2.16. The quantitative estimate of drug-likeness (QED) is 0.402. The summed E-state index contributed by atoms with van der Waals surface area (Å²) in [6, 6.07) is 13.2. The first kappa shape index (κ1) is 20.2. The molecule has 0 aliphatic rings. The lowest BCUT2D eigenvalue weighted by Crippen LogP contribution is -2.22. The second-order valence-corrected chi connectivity index (χ2v) is 8.09. The van der Waals surface area contributed by atoms with Crippen molar-refractivity contribution in [2.24, 2.45) is 5.10 Å². The number of fused-ring (bicyclic) bond motifs is 2. The number of para-hydroxylation sites is 1. The van der Waals surface area contributed by atoms with E-state index in [-0.39, 0.29) is 11.5 Å². The van der Waals surface area contributed by atoms with Gasteiger partial charge in [-0.2, -0.15) is 9.78 Å². The fraction of sp³-hybridized carbons (Fsp3) is 0.217. The predicted octanol–water partition coefficient (Wildman–Crippen LogP) is 4.92. The van der Waals surface area contributed by atoms with Gasteiger partial charge in [0.2, 0.25) is 5.91 Å². The van der Waals surface area contributed by atoms with Gasteiger partial charge >= 0.3 is 0 Å². The third-order valence-electron chi connectivity index (χ3n) is 5.13. The van der Waals surface area contributed by atoms with Gasteiger partial charge in [-0.25, -0.2) is 4.98 Å². The van der Waals surface area contributed by atoms with Crippen LogP contribution in [-0.4, -0.2) is 26.3 Å². The molecule has 0 amide bonds. The lowest BCUT2D eigenvalue weighted by atomic mass is 10.1. The molecule has 0 saturated heterocycles. The first-order valence-corrected chi connectivity index (χ1v) is 10.6. The third-order valence-corrected chi connectivity index (χ3v) is 5.62. The van der Waals surface area contributed by atoms with Crippen LogP contribution < -0.4 is 5.56 Å². The van der Waals surface area contributed by atoms with Crippen molar-refractivity contribution in [3.05, 3.63) is 74.4 Å². The topological polar surface area (TPSA) is 69.2 Å². The molecule has 0 atom stereocenters. The van der Waals surface area contributed by atoms with E-state index in [0.717, 1.165) is 33.1 Å². The van der Waals surface area contributed by atoms with Gasteiger partial charge in [-0.3, -0.25) is 14.2 Å². The van der Waals surface area contributed by atoms with Crippen LogP contribution in [0.25, 0.3) is 21.8 Å². The van der Waals surface area contributed by atoms with Gasteiger partial charge < -0.3 is 0 Å². The number of aromatic nitrogens is 3. The highest BCUT2D eigenvalue weighted by molar-refractivity contribution is 9.10. The fourth-order valence-corrected chi connectivity index (χ4v) is 4.14. The van der Waals surface area contributed by atoms with Gasteiger partial charge in [0.15, 0.2) is 0 Å². The molecule has 152 valence electrons. The average Bonchev–Trinajstić information content (AvgIpc) is 3.00. The summed E-state index contributed by atoms with van der Waals surface area (Å²) < 4.78 is 3.85. The fourth-order valence-electron chi connectivity index (χ4n) is 3.78. The summed E-state index contributed by atoms with van der Waals surface area (Å²) in [5, 5.41) is 5.95. The maximum atomic E-state index is 13.2. The standard InChI is InChI=1S/C23H21BrN4O2/c1-4-7-22-26-20-11-10-16(24)12-18(20)23(30)28(22)25-13-19-14(2)27(15(3)29)21-9-6-5-8-17(19)21/h5-6,8-13H,4,7H2,1-3H3. The number of aryl methyl sites for hydroxylation is 1. The maximum Gasteiger partial charge on any atom is 0.282 e. The lowest BCUT2D eigenvalue weighted by Gasteiger charge is -2.08. The lowest BCUT2D eigenvalue weighted by molar-refractivity contribution is 0.0939. The molecule has 4 aromatic rings. The Kier molecular flexibility index (Phi) is 5.39. The minimum Gasteiger partial charge on any atom is -0.284 e. The van der Waals surface area contributed by atoms with Crippen LogP contribution in [0.4, 0.5) is 0 Å². The van der Waals surface area contributed by atoms with Crippen molar-refractivity contribution in [3.8, 4) is 0 Å². The Hall–Kier alpha value is -3.06. The van der Waals surface area contributed by atoms with Crippen LogP contribution in [-0.2, 0) is 6.42 Å². The SMILES string of the molecule is CCCc1nc2ccc(Br)cc2c(=O)n1N=Cc1c(C)n(C(C)=O)c2ccccc12. The minimum atomic E-state index is -0.214. The number of hydrogen-bond acceptors (Lipinski definition) is 4. The molecule has 30 heavy (non-hydrogen) atoms. The van der Waals surface area contributed by atoms with Crippen LogP contribution >= 0.6 is 15.9 Å². The summed E-state index contributed by atoms with van der Waals surface area (Å²) in [4.78, 5) is 30.0. The van der Waals surface area contributed by atoms with E-state index in [1.54, 1.807) is 16.8 Å². The summed E-state index contributed by atoms with van der Waals surface area (Å²) in [5.41, 5.74) is 2.86. The molecule has 0 spiro atoms. The van der Waals surface area contributed by atoms with Crippen molar-refractivity contribution >= 4 is 49.9 Å². The summed E-state index contributed by atoms with van der Waals surface area (Å²) in [5.74, 6) is 0.547. The zero-order chi connectivity index (χ0) is 21.4. The molecule has 0 radical (unpaired) electrons. The van der Waals surface area contributed by atoms with Gasteiger partial charge in [-0.1, -0.05) is 41.1 Å². The monoisotopic (exact) mass is 464 g/mol. The first-order valence-electron chi connectivity index (χ1n) is 9.79. The van der Waals surface area contributed by atoms with Gasteiger partial charge in [0, 0.05) is 34.5 Å². The number of benzene rings is 2. The molecular formula is C23H21BrN4O2. The highest BCUT2D eigenvalue weighted by Crippen LogP contribution is 2.24. The Morgan fingerprint density at radius 3 is 2.70 bits per heavy atom. The number of hydrogen-bond donors (Lipinski definition) is 0. The number of nitrogens with zero attached hydrogens (tertiary/aromatic N) is 4. The normalized spacial score (nSPS) is 11.7. The van der Waals surface area contributed by atoms with E-state index in [2.05, 4.69) is 26.0 Å². The van der Waals surface area contributed by atoms with E-state index >= 15 is 0 Å². The summed E-state index contributed by atoms with van der Waals surface area (Å²) >= 11 is 3.42. The summed E-state index contributed by atoms with van der Waals surface area (Å²) in [6.45, 7) is 5.46. The van der Waals surface area contributed by atoms with Gasteiger partial charge in [-0.05, 0) is 37.6 Å². The van der Waals surface area contributed by atoms with Gasteiger partial charge in [0.1, 0.15) is 5.82 Å². The second kappa shape index (κ2) is 7.99. The molecule has 2 aromatic heterocycles. The Balaban J connectivity index is 1.94. The van der Waals surface area contributed by atoms with Crippen LogP contribution in [0.2, 0.25) is 0 Å². The van der Waals surface area contributed by atoms with Crippen LogP contribution in [0.1, 0.15) is 42.1 Å². The van der Waals surface area contributed by atoms with Crippen molar-refractivity contribution in [2.45, 2.75) is 33.6 Å². The Morgan fingerprint density at radius 2 is 1.97 bits per heavy atom. The average molecular weight is 465 g/mol. The van der Waals surface area contributed by atoms with E-state index in [1.165, 1.54) is 11.6 Å². The highest BCUT2D eigenvalue weighted by atomic mass is 79.9. The zero-order valence-electron chi connectivity index (χ0n) is 17.0. The Morgan fingerprint density at radius 1 is 1.20 bits per heavy atom. The van der Waals surface area contributed by atoms with Crippen LogP contribution in [0.15, 0.2) is 56.8 Å². The number of halogens is 1. The molecule has 7 heteroatoms. The number of carbonyl (C=O) groups excluding carboxylic acids is 1. The van der Waals surface area contributed by atoms with Gasteiger partial charge in [0.25, 0.3) is 5.56 Å². The van der Waals surface area contributed by atoms with Gasteiger partial charge in [-0.15, -0.1) is 0 Å². The van der Waals surface area contributed by atoms with E-state index in [1.807, 2.05) is 50.2 Å². The van der Waals surface area contributed by atoms with Crippen LogP contribution in [0.5, 0.6) is 0 Å². The van der Waals surface area contributed by atoms with Crippen LogP contribution in [0.3, 0.4) is 0 Å². The zero-order valence-corrected chi connectivity index (χ0v) is 18.6. The summed E-state index contributed by atoms with van der Waals surface area (Å²) in [6.07, 6.45) is 3.13. The molecule has 2 aromatic carbocycles. The molecule has 2 heterocycles. The first-order chi connectivity index (χ1) is 14.4. The number of carbonyl (C=O) groups is 1. The van der Waals surface area contributed by atoms with E-state index < -0.39 is 0 Å². The largest absolute Gasteiger partial charge is 0.284 e. The van der Waals surface area contributed by atoms with E-state index in [4.69, 9.17) is 0 Å².